The zero-order valence-electron chi connectivity index (χ0n) is 9.15. The second kappa shape index (κ2) is 4.90. The van der Waals surface area contributed by atoms with E-state index in [1.807, 2.05) is 18.2 Å². The molecule has 1 heterocycles. The molecule has 0 unspecified atom stereocenters. The maximum absolute atomic E-state index is 11.8. The molecule has 0 aliphatic carbocycles. The van der Waals surface area contributed by atoms with Crippen LogP contribution in [0, 0.1) is 6.92 Å². The van der Waals surface area contributed by atoms with Gasteiger partial charge in [0.1, 0.15) is 11.0 Å². The van der Waals surface area contributed by atoms with E-state index in [0.717, 1.165) is 5.56 Å². The molecule has 0 saturated carbocycles. The standard InChI is InChI=1S/C12H10Cl2N2O/c1-8-15-11(14)6-12(17)16(8)7-9-3-2-4-10(13)5-9/h2-6H,7H2,1H3. The van der Waals surface area contributed by atoms with Crippen molar-refractivity contribution in [1.82, 2.24) is 9.55 Å². The normalized spacial score (nSPS) is 10.5. The van der Waals surface area contributed by atoms with E-state index in [9.17, 15) is 4.79 Å². The molecule has 1 aromatic carbocycles. The van der Waals surface area contributed by atoms with E-state index in [1.165, 1.54) is 6.07 Å². The number of rotatable bonds is 2. The second-order valence-corrected chi connectivity index (χ2v) is 4.50. The van der Waals surface area contributed by atoms with Crippen LogP contribution in [-0.4, -0.2) is 9.55 Å². The molecule has 88 valence electrons. The quantitative estimate of drug-likeness (QED) is 0.786. The van der Waals surface area contributed by atoms with Crippen LogP contribution in [-0.2, 0) is 6.54 Å². The summed E-state index contributed by atoms with van der Waals surface area (Å²) in [6.07, 6.45) is 0. The molecule has 0 saturated heterocycles. The number of aryl methyl sites for hydroxylation is 1. The predicted molar refractivity (Wildman–Crippen MR) is 68.8 cm³/mol. The molecule has 0 spiro atoms. The van der Waals surface area contributed by atoms with Crippen molar-refractivity contribution >= 4 is 23.2 Å². The summed E-state index contributed by atoms with van der Waals surface area (Å²) in [5, 5.41) is 0.866. The molecule has 2 aromatic rings. The van der Waals surface area contributed by atoms with Gasteiger partial charge in [-0.2, -0.15) is 0 Å². The van der Waals surface area contributed by atoms with Gasteiger partial charge >= 0.3 is 0 Å². The molecule has 5 heteroatoms. The number of benzene rings is 1. The Balaban J connectivity index is 2.40. The first-order valence-corrected chi connectivity index (χ1v) is 5.80. The minimum Gasteiger partial charge on any atom is -0.292 e. The van der Waals surface area contributed by atoms with Crippen LogP contribution in [0.4, 0.5) is 0 Å². The van der Waals surface area contributed by atoms with Gasteiger partial charge in [0.2, 0.25) is 0 Å². The van der Waals surface area contributed by atoms with Crippen molar-refractivity contribution in [3.05, 3.63) is 62.2 Å². The maximum Gasteiger partial charge on any atom is 0.255 e. The van der Waals surface area contributed by atoms with Gasteiger partial charge in [0.05, 0.1) is 6.54 Å². The minimum absolute atomic E-state index is 0.164. The first kappa shape index (κ1) is 12.1. The Morgan fingerprint density at radius 2 is 2.06 bits per heavy atom. The van der Waals surface area contributed by atoms with Gasteiger partial charge in [-0.1, -0.05) is 35.3 Å². The van der Waals surface area contributed by atoms with Crippen LogP contribution >= 0.6 is 23.2 Å². The van der Waals surface area contributed by atoms with Crippen LogP contribution in [0.25, 0.3) is 0 Å². The molecule has 0 aliphatic heterocycles. The van der Waals surface area contributed by atoms with E-state index in [2.05, 4.69) is 4.98 Å². The summed E-state index contributed by atoms with van der Waals surface area (Å²) < 4.78 is 1.55. The fourth-order valence-electron chi connectivity index (χ4n) is 1.60. The van der Waals surface area contributed by atoms with Gasteiger partial charge in [-0.05, 0) is 24.6 Å². The fraction of sp³-hybridized carbons (Fsp3) is 0.167. The summed E-state index contributed by atoms with van der Waals surface area (Å²) >= 11 is 11.6. The van der Waals surface area contributed by atoms with E-state index < -0.39 is 0 Å². The average molecular weight is 269 g/mol. The lowest BCUT2D eigenvalue weighted by molar-refractivity contribution is 0.700. The van der Waals surface area contributed by atoms with Crippen molar-refractivity contribution < 1.29 is 0 Å². The van der Waals surface area contributed by atoms with Gasteiger partial charge in [-0.3, -0.25) is 9.36 Å². The Labute approximate surface area is 109 Å². The molecule has 0 aliphatic rings. The largest absolute Gasteiger partial charge is 0.292 e. The zero-order valence-corrected chi connectivity index (χ0v) is 10.7. The van der Waals surface area contributed by atoms with Gasteiger partial charge in [0.15, 0.2) is 0 Å². The molecular weight excluding hydrogens is 259 g/mol. The Kier molecular flexibility index (Phi) is 3.50. The maximum atomic E-state index is 11.8. The monoisotopic (exact) mass is 268 g/mol. The second-order valence-electron chi connectivity index (χ2n) is 3.68. The van der Waals surface area contributed by atoms with E-state index in [-0.39, 0.29) is 10.7 Å². The van der Waals surface area contributed by atoms with E-state index in [0.29, 0.717) is 17.4 Å². The lowest BCUT2D eigenvalue weighted by Gasteiger charge is -2.09. The number of aromatic nitrogens is 2. The van der Waals surface area contributed by atoms with Crippen LogP contribution < -0.4 is 5.56 Å². The van der Waals surface area contributed by atoms with E-state index in [4.69, 9.17) is 23.2 Å². The molecule has 0 fully saturated rings. The topological polar surface area (TPSA) is 34.9 Å². The minimum atomic E-state index is -0.164. The number of halogens is 2. The summed E-state index contributed by atoms with van der Waals surface area (Å²) in [7, 11) is 0. The molecule has 3 nitrogen and oxygen atoms in total. The van der Waals surface area contributed by atoms with Crippen LogP contribution in [0.2, 0.25) is 10.2 Å². The highest BCUT2D eigenvalue weighted by atomic mass is 35.5. The van der Waals surface area contributed by atoms with Crippen molar-refractivity contribution in [3.8, 4) is 0 Å². The smallest absolute Gasteiger partial charge is 0.255 e. The number of hydrogen-bond donors (Lipinski definition) is 0. The van der Waals surface area contributed by atoms with Crippen molar-refractivity contribution in [2.75, 3.05) is 0 Å². The summed E-state index contributed by atoms with van der Waals surface area (Å²) in [5.74, 6) is 0.586. The van der Waals surface area contributed by atoms with E-state index in [1.54, 1.807) is 17.6 Å². The average Bonchev–Trinajstić information content (AvgIpc) is 2.23. The van der Waals surface area contributed by atoms with Crippen LogP contribution in [0.15, 0.2) is 35.1 Å². The molecule has 1 aromatic heterocycles. The Morgan fingerprint density at radius 1 is 1.29 bits per heavy atom. The summed E-state index contributed by atoms with van der Waals surface area (Å²) in [4.78, 5) is 15.8. The van der Waals surface area contributed by atoms with Gasteiger partial charge in [-0.15, -0.1) is 0 Å². The van der Waals surface area contributed by atoms with Crippen molar-refractivity contribution in [3.63, 3.8) is 0 Å². The Hall–Kier alpha value is -1.32. The predicted octanol–water partition coefficient (Wildman–Crippen LogP) is 2.91. The summed E-state index contributed by atoms with van der Waals surface area (Å²) in [5.41, 5.74) is 0.786. The van der Waals surface area contributed by atoms with Gasteiger partial charge in [-0.25, -0.2) is 4.98 Å². The third-order valence-electron chi connectivity index (χ3n) is 2.40. The molecule has 2 rings (SSSR count). The Morgan fingerprint density at radius 3 is 2.71 bits per heavy atom. The number of hydrogen-bond acceptors (Lipinski definition) is 2. The highest BCUT2D eigenvalue weighted by Gasteiger charge is 2.04. The summed E-state index contributed by atoms with van der Waals surface area (Å²) in [6, 6.07) is 8.68. The van der Waals surface area contributed by atoms with Crippen LogP contribution in [0.5, 0.6) is 0 Å². The van der Waals surface area contributed by atoms with Gasteiger partial charge < -0.3 is 0 Å². The SMILES string of the molecule is Cc1nc(Cl)cc(=O)n1Cc1cccc(Cl)c1. The highest BCUT2D eigenvalue weighted by molar-refractivity contribution is 6.30. The Bertz CT molecular complexity index is 608. The summed E-state index contributed by atoms with van der Waals surface area (Å²) in [6.45, 7) is 2.19. The molecule has 0 N–H and O–H groups in total. The van der Waals surface area contributed by atoms with Crippen LogP contribution in [0.3, 0.4) is 0 Å². The molecule has 17 heavy (non-hydrogen) atoms. The third-order valence-corrected chi connectivity index (χ3v) is 2.83. The lowest BCUT2D eigenvalue weighted by atomic mass is 10.2. The van der Waals surface area contributed by atoms with Crippen LogP contribution in [0.1, 0.15) is 11.4 Å². The lowest BCUT2D eigenvalue weighted by Crippen LogP contribution is -2.23. The zero-order chi connectivity index (χ0) is 12.4. The molecule has 0 atom stereocenters. The molecular formula is C12H10Cl2N2O. The van der Waals surface area contributed by atoms with Crippen molar-refractivity contribution in [2.45, 2.75) is 13.5 Å². The molecule has 0 bridgehead atoms. The first-order valence-electron chi connectivity index (χ1n) is 5.05. The third kappa shape index (κ3) is 2.87. The van der Waals surface area contributed by atoms with E-state index >= 15 is 0 Å². The van der Waals surface area contributed by atoms with Gasteiger partial charge in [0.25, 0.3) is 5.56 Å². The van der Waals surface area contributed by atoms with Crippen molar-refractivity contribution in [1.29, 1.82) is 0 Å². The highest BCUT2D eigenvalue weighted by Crippen LogP contribution is 2.12. The fourth-order valence-corrected chi connectivity index (χ4v) is 2.03. The van der Waals surface area contributed by atoms with Gasteiger partial charge in [0, 0.05) is 11.1 Å². The first-order chi connectivity index (χ1) is 8.06. The number of nitrogens with zero attached hydrogens (tertiary/aromatic N) is 2. The van der Waals surface area contributed by atoms with Crippen molar-refractivity contribution in [2.24, 2.45) is 0 Å². The molecule has 0 radical (unpaired) electrons. The molecule has 0 amide bonds.